The van der Waals surface area contributed by atoms with Crippen molar-refractivity contribution in [1.82, 2.24) is 4.90 Å². The van der Waals surface area contributed by atoms with E-state index in [1.54, 1.807) is 0 Å². The van der Waals surface area contributed by atoms with Gasteiger partial charge in [0.05, 0.1) is 0 Å². The summed E-state index contributed by atoms with van der Waals surface area (Å²) >= 11 is 6.17. The summed E-state index contributed by atoms with van der Waals surface area (Å²) in [6, 6.07) is 6.40. The van der Waals surface area contributed by atoms with E-state index in [1.165, 1.54) is 31.5 Å². The molecule has 2 N–H and O–H groups in total. The second-order valence-corrected chi connectivity index (χ2v) is 5.81. The molecule has 0 amide bonds. The van der Waals surface area contributed by atoms with Crippen LogP contribution in [0.25, 0.3) is 0 Å². The monoisotopic (exact) mass is 302 g/mol. The Labute approximate surface area is 127 Å². The Morgan fingerprint density at radius 2 is 2.21 bits per heavy atom. The maximum Gasteiger partial charge on any atom is 0.0438 e. The molecule has 1 atom stereocenters. The molecule has 1 aliphatic heterocycles. The van der Waals surface area contributed by atoms with E-state index in [0.29, 0.717) is 0 Å². The lowest BCUT2D eigenvalue weighted by Crippen LogP contribution is -2.35. The molecule has 1 fully saturated rings. The summed E-state index contributed by atoms with van der Waals surface area (Å²) in [6.45, 7) is 6.26. The predicted molar refractivity (Wildman–Crippen MR) is 85.1 cm³/mol. The van der Waals surface area contributed by atoms with Gasteiger partial charge in [0.25, 0.3) is 0 Å². The van der Waals surface area contributed by atoms with Crippen molar-refractivity contribution >= 4 is 24.0 Å². The van der Waals surface area contributed by atoms with Crippen molar-refractivity contribution < 1.29 is 0 Å². The van der Waals surface area contributed by atoms with Crippen molar-refractivity contribution in [3.63, 3.8) is 0 Å². The number of likely N-dealkylation sites (tertiary alicyclic amines) is 1. The molecule has 0 bridgehead atoms. The topological polar surface area (TPSA) is 29.3 Å². The van der Waals surface area contributed by atoms with Crippen molar-refractivity contribution in [3.05, 3.63) is 34.3 Å². The molecule has 1 aliphatic rings. The second kappa shape index (κ2) is 8.11. The number of hydrogen-bond donors (Lipinski definition) is 1. The highest BCUT2D eigenvalue weighted by atomic mass is 35.5. The van der Waals surface area contributed by atoms with E-state index in [1.807, 2.05) is 6.92 Å². The van der Waals surface area contributed by atoms with Crippen LogP contribution in [0.5, 0.6) is 0 Å². The Bertz CT molecular complexity index is 394. The quantitative estimate of drug-likeness (QED) is 0.920. The van der Waals surface area contributed by atoms with Crippen molar-refractivity contribution in [3.8, 4) is 0 Å². The number of halogens is 2. The van der Waals surface area contributed by atoms with Gasteiger partial charge in [-0.2, -0.15) is 0 Å². The number of aryl methyl sites for hydroxylation is 1. The molecule has 0 radical (unpaired) electrons. The number of rotatable bonds is 4. The van der Waals surface area contributed by atoms with Crippen LogP contribution in [-0.2, 0) is 6.54 Å². The van der Waals surface area contributed by atoms with Crippen LogP contribution >= 0.6 is 24.0 Å². The van der Waals surface area contributed by atoms with Crippen LogP contribution in [0.2, 0.25) is 5.02 Å². The lowest BCUT2D eigenvalue weighted by Gasteiger charge is -2.32. The highest BCUT2D eigenvalue weighted by Crippen LogP contribution is 2.22. The van der Waals surface area contributed by atoms with Crippen LogP contribution in [0.3, 0.4) is 0 Å². The molecular weight excluding hydrogens is 279 g/mol. The third kappa shape index (κ3) is 4.96. The third-order valence-electron chi connectivity index (χ3n) is 3.82. The molecule has 0 spiro atoms. The molecule has 0 aromatic heterocycles. The first kappa shape index (κ1) is 16.8. The first-order valence-electron chi connectivity index (χ1n) is 6.86. The van der Waals surface area contributed by atoms with Gasteiger partial charge in [-0.15, -0.1) is 12.4 Å². The average Bonchev–Trinajstić information content (AvgIpc) is 2.35. The minimum atomic E-state index is 0. The van der Waals surface area contributed by atoms with Crippen molar-refractivity contribution in [2.45, 2.75) is 32.7 Å². The molecule has 4 heteroatoms. The van der Waals surface area contributed by atoms with E-state index in [4.69, 9.17) is 17.3 Å². The van der Waals surface area contributed by atoms with Crippen molar-refractivity contribution in [2.75, 3.05) is 19.6 Å². The van der Waals surface area contributed by atoms with E-state index in [2.05, 4.69) is 23.1 Å². The highest BCUT2D eigenvalue weighted by Gasteiger charge is 2.19. The fourth-order valence-corrected chi connectivity index (χ4v) is 2.96. The molecule has 1 aromatic carbocycles. The molecule has 2 rings (SSSR count). The van der Waals surface area contributed by atoms with Gasteiger partial charge in [-0.05, 0) is 62.4 Å². The summed E-state index contributed by atoms with van der Waals surface area (Å²) in [5.74, 6) is 0.782. The molecule has 2 nitrogen and oxygen atoms in total. The summed E-state index contributed by atoms with van der Waals surface area (Å²) < 4.78 is 0. The van der Waals surface area contributed by atoms with E-state index >= 15 is 0 Å². The van der Waals surface area contributed by atoms with Crippen LogP contribution in [0, 0.1) is 12.8 Å². The lowest BCUT2D eigenvalue weighted by atomic mass is 9.94. The minimum absolute atomic E-state index is 0. The van der Waals surface area contributed by atoms with Crippen LogP contribution < -0.4 is 5.73 Å². The molecule has 1 heterocycles. The number of hydrogen-bond acceptors (Lipinski definition) is 2. The molecule has 1 aromatic rings. The van der Waals surface area contributed by atoms with E-state index in [-0.39, 0.29) is 12.4 Å². The zero-order chi connectivity index (χ0) is 13.0. The molecule has 108 valence electrons. The summed E-state index contributed by atoms with van der Waals surface area (Å²) in [7, 11) is 0. The Morgan fingerprint density at radius 1 is 1.42 bits per heavy atom. The number of nitrogens with two attached hydrogens (primary N) is 1. The maximum atomic E-state index is 6.17. The normalized spacial score (nSPS) is 20.1. The second-order valence-electron chi connectivity index (χ2n) is 5.40. The largest absolute Gasteiger partial charge is 0.330 e. The number of benzene rings is 1. The molecule has 1 unspecified atom stereocenters. The van der Waals surface area contributed by atoms with Gasteiger partial charge in [-0.3, -0.25) is 4.90 Å². The molecule has 0 saturated carbocycles. The SMILES string of the molecule is Cc1ccc(CN2CCCC(CCN)C2)cc1Cl.Cl. The Kier molecular flexibility index (Phi) is 7.16. The minimum Gasteiger partial charge on any atom is -0.330 e. The van der Waals surface area contributed by atoms with E-state index in [9.17, 15) is 0 Å². The summed E-state index contributed by atoms with van der Waals surface area (Å²) in [4.78, 5) is 2.53. The summed E-state index contributed by atoms with van der Waals surface area (Å²) in [5, 5.41) is 0.878. The molecule has 19 heavy (non-hydrogen) atoms. The van der Waals surface area contributed by atoms with Crippen LogP contribution in [0.4, 0.5) is 0 Å². The highest BCUT2D eigenvalue weighted by molar-refractivity contribution is 6.31. The van der Waals surface area contributed by atoms with Crippen LogP contribution in [0.1, 0.15) is 30.4 Å². The summed E-state index contributed by atoms with van der Waals surface area (Å²) in [5.41, 5.74) is 8.13. The van der Waals surface area contributed by atoms with Gasteiger partial charge in [0.2, 0.25) is 0 Å². The average molecular weight is 303 g/mol. The predicted octanol–water partition coefficient (Wildman–Crippen LogP) is 3.63. The molecular formula is C15H24Cl2N2. The van der Waals surface area contributed by atoms with Gasteiger partial charge in [0.15, 0.2) is 0 Å². The zero-order valence-electron chi connectivity index (χ0n) is 11.6. The lowest BCUT2D eigenvalue weighted by molar-refractivity contribution is 0.163. The van der Waals surface area contributed by atoms with Crippen LogP contribution in [0.15, 0.2) is 18.2 Å². The maximum absolute atomic E-state index is 6.17. The van der Waals surface area contributed by atoms with Gasteiger partial charge in [0, 0.05) is 18.1 Å². The van der Waals surface area contributed by atoms with Gasteiger partial charge in [-0.1, -0.05) is 23.7 Å². The standard InChI is InChI=1S/C15H23ClN2.ClH/c1-12-4-5-14(9-15(12)16)11-18-8-2-3-13(10-18)6-7-17;/h4-5,9,13H,2-3,6-8,10-11,17H2,1H3;1H. The van der Waals surface area contributed by atoms with Gasteiger partial charge >= 0.3 is 0 Å². The Hall–Kier alpha value is -0.280. The van der Waals surface area contributed by atoms with E-state index < -0.39 is 0 Å². The first-order chi connectivity index (χ1) is 8.69. The number of piperidine rings is 1. The van der Waals surface area contributed by atoms with Crippen molar-refractivity contribution in [1.29, 1.82) is 0 Å². The third-order valence-corrected chi connectivity index (χ3v) is 4.23. The molecule has 0 aliphatic carbocycles. The summed E-state index contributed by atoms with van der Waals surface area (Å²) in [6.07, 6.45) is 3.79. The fourth-order valence-electron chi connectivity index (χ4n) is 2.76. The zero-order valence-corrected chi connectivity index (χ0v) is 13.1. The van der Waals surface area contributed by atoms with E-state index in [0.717, 1.165) is 36.0 Å². The first-order valence-corrected chi connectivity index (χ1v) is 7.24. The van der Waals surface area contributed by atoms with Gasteiger partial charge < -0.3 is 5.73 Å². The smallest absolute Gasteiger partial charge is 0.0438 e. The fraction of sp³-hybridized carbons (Fsp3) is 0.600. The van der Waals surface area contributed by atoms with Crippen molar-refractivity contribution in [2.24, 2.45) is 11.7 Å². The van der Waals surface area contributed by atoms with Crippen LogP contribution in [-0.4, -0.2) is 24.5 Å². The van der Waals surface area contributed by atoms with Gasteiger partial charge in [0.1, 0.15) is 0 Å². The Balaban J connectivity index is 0.00000180. The van der Waals surface area contributed by atoms with Gasteiger partial charge in [-0.25, -0.2) is 0 Å². The Morgan fingerprint density at radius 3 is 2.89 bits per heavy atom. The molecule has 1 saturated heterocycles. The number of nitrogens with zero attached hydrogens (tertiary/aromatic N) is 1.